The van der Waals surface area contributed by atoms with Crippen molar-refractivity contribution in [1.82, 2.24) is 15.1 Å². The molecule has 2 bridgehead atoms. The average molecular weight is 544 g/mol. The second-order valence-corrected chi connectivity index (χ2v) is 11.4. The van der Waals surface area contributed by atoms with Crippen molar-refractivity contribution < 1.29 is 23.9 Å². The molecule has 4 saturated carbocycles. The monoisotopic (exact) mass is 543 g/mol. The van der Waals surface area contributed by atoms with E-state index in [1.54, 1.807) is 0 Å². The minimum atomic E-state index is -1.12. The summed E-state index contributed by atoms with van der Waals surface area (Å²) in [7, 11) is 0. The molecule has 0 amide bonds. The number of ether oxygens (including phenoxy) is 2. The van der Waals surface area contributed by atoms with E-state index in [-0.39, 0.29) is 22.6 Å². The number of aromatic carboxylic acids is 1. The summed E-state index contributed by atoms with van der Waals surface area (Å²) in [6.45, 7) is 0.904. The summed E-state index contributed by atoms with van der Waals surface area (Å²) in [5.74, 6) is 0.398. The van der Waals surface area contributed by atoms with Crippen LogP contribution in [0.25, 0.3) is 11.3 Å². The van der Waals surface area contributed by atoms with Crippen molar-refractivity contribution in [1.29, 1.82) is 0 Å². The zero-order valence-electron chi connectivity index (χ0n) is 20.2. The topological polar surface area (TPSA) is 108 Å². The standard InChI is InChI=1S/C27H27Cl2N3O5/c28-18-2-1-3-19(29)22(18)23-17(24(37-32-23)16-4-5-16)14-36-27-9-6-26(7-10-27,8-11-27)15-35-21-13-30-12-20(31-21)25(33)34/h1-3,12-13,16H,4-11,14-15H2,(H,33,34). The molecule has 8 nitrogen and oxygen atoms in total. The largest absolute Gasteiger partial charge is 0.476 e. The smallest absolute Gasteiger partial charge is 0.356 e. The molecule has 4 aliphatic rings. The molecule has 4 aliphatic carbocycles. The third-order valence-electron chi connectivity index (χ3n) is 8.18. The van der Waals surface area contributed by atoms with Crippen molar-refractivity contribution in [2.24, 2.45) is 5.41 Å². The lowest BCUT2D eigenvalue weighted by Gasteiger charge is -2.52. The lowest BCUT2D eigenvalue weighted by molar-refractivity contribution is -0.150. The molecule has 2 heterocycles. The summed E-state index contributed by atoms with van der Waals surface area (Å²) >= 11 is 13.0. The Bertz CT molecular complexity index is 1290. The highest BCUT2D eigenvalue weighted by molar-refractivity contribution is 6.39. The van der Waals surface area contributed by atoms with Crippen LogP contribution in [0.4, 0.5) is 0 Å². The van der Waals surface area contributed by atoms with Gasteiger partial charge in [0, 0.05) is 22.5 Å². The van der Waals surface area contributed by atoms with Crippen LogP contribution >= 0.6 is 23.2 Å². The molecule has 0 spiro atoms. The molecule has 0 unspecified atom stereocenters. The SMILES string of the molecule is O=C(O)c1cncc(OCC23CCC(OCc4c(-c5c(Cl)cccc5Cl)noc4C4CC4)(CC2)CC3)n1. The molecule has 7 rings (SSSR count). The third kappa shape index (κ3) is 4.82. The Morgan fingerprint density at radius 1 is 1.08 bits per heavy atom. The second kappa shape index (κ2) is 9.57. The molecule has 10 heteroatoms. The first-order valence-corrected chi connectivity index (χ1v) is 13.4. The van der Waals surface area contributed by atoms with Crippen molar-refractivity contribution >= 4 is 29.2 Å². The van der Waals surface area contributed by atoms with E-state index in [9.17, 15) is 4.79 Å². The molecule has 2 aromatic heterocycles. The molecule has 194 valence electrons. The van der Waals surface area contributed by atoms with Gasteiger partial charge in [-0.15, -0.1) is 0 Å². The van der Waals surface area contributed by atoms with Gasteiger partial charge in [-0.2, -0.15) is 0 Å². The zero-order chi connectivity index (χ0) is 25.6. The summed E-state index contributed by atoms with van der Waals surface area (Å²) in [5.41, 5.74) is 2.05. The predicted octanol–water partition coefficient (Wildman–Crippen LogP) is 6.70. The molecule has 3 aromatic rings. The van der Waals surface area contributed by atoms with Gasteiger partial charge in [0.25, 0.3) is 0 Å². The van der Waals surface area contributed by atoms with Gasteiger partial charge in [0.05, 0.1) is 41.3 Å². The molecule has 37 heavy (non-hydrogen) atoms. The van der Waals surface area contributed by atoms with E-state index in [1.165, 1.54) is 12.4 Å². The Balaban J connectivity index is 1.14. The van der Waals surface area contributed by atoms with Crippen molar-refractivity contribution in [3.8, 4) is 17.1 Å². The van der Waals surface area contributed by atoms with E-state index in [0.717, 1.165) is 62.7 Å². The summed E-state index contributed by atoms with van der Waals surface area (Å²) in [6.07, 6.45) is 10.6. The van der Waals surface area contributed by atoms with Gasteiger partial charge in [-0.05, 0) is 63.5 Å². The number of carbonyl (C=O) groups is 1. The van der Waals surface area contributed by atoms with Crippen LogP contribution in [0, 0.1) is 5.41 Å². The van der Waals surface area contributed by atoms with Gasteiger partial charge < -0.3 is 19.1 Å². The maximum atomic E-state index is 11.2. The van der Waals surface area contributed by atoms with Gasteiger partial charge in [-0.3, -0.25) is 4.98 Å². The molecule has 0 aliphatic heterocycles. The van der Waals surface area contributed by atoms with Gasteiger partial charge in [0.15, 0.2) is 5.69 Å². The Hall–Kier alpha value is -2.68. The number of carboxylic acid groups (broad SMARTS) is 1. The van der Waals surface area contributed by atoms with Crippen LogP contribution in [0.15, 0.2) is 35.1 Å². The van der Waals surface area contributed by atoms with Gasteiger partial charge in [0.2, 0.25) is 5.88 Å². The molecular weight excluding hydrogens is 517 g/mol. The van der Waals surface area contributed by atoms with E-state index >= 15 is 0 Å². The summed E-state index contributed by atoms with van der Waals surface area (Å²) in [6, 6.07) is 5.44. The molecule has 0 radical (unpaired) electrons. The Labute approximate surface area is 224 Å². The highest BCUT2D eigenvalue weighted by Gasteiger charge is 2.50. The Morgan fingerprint density at radius 3 is 2.43 bits per heavy atom. The maximum Gasteiger partial charge on any atom is 0.356 e. The summed E-state index contributed by atoms with van der Waals surface area (Å²) in [4.78, 5) is 19.1. The molecule has 4 fully saturated rings. The van der Waals surface area contributed by atoms with Crippen molar-refractivity contribution in [3.05, 3.63) is 57.7 Å². The minimum absolute atomic E-state index is 0.0403. The van der Waals surface area contributed by atoms with Crippen LogP contribution in [0.5, 0.6) is 5.88 Å². The van der Waals surface area contributed by atoms with Gasteiger partial charge in [-0.25, -0.2) is 9.78 Å². The van der Waals surface area contributed by atoms with Crippen LogP contribution in [-0.4, -0.2) is 38.4 Å². The van der Waals surface area contributed by atoms with Crippen LogP contribution in [0.3, 0.4) is 0 Å². The first kappa shape index (κ1) is 24.6. The highest BCUT2D eigenvalue weighted by Crippen LogP contribution is 2.55. The molecule has 1 N–H and O–H groups in total. The van der Waals surface area contributed by atoms with E-state index in [4.69, 9.17) is 42.3 Å². The lowest BCUT2D eigenvalue weighted by Crippen LogP contribution is -2.49. The number of halogens is 2. The highest BCUT2D eigenvalue weighted by atomic mass is 35.5. The number of hydrogen-bond donors (Lipinski definition) is 1. The Morgan fingerprint density at radius 2 is 1.78 bits per heavy atom. The van der Waals surface area contributed by atoms with Crippen molar-refractivity contribution in [2.45, 2.75) is 69.5 Å². The van der Waals surface area contributed by atoms with Crippen LogP contribution in [0.1, 0.15) is 79.1 Å². The second-order valence-electron chi connectivity index (χ2n) is 10.6. The van der Waals surface area contributed by atoms with Gasteiger partial charge >= 0.3 is 5.97 Å². The van der Waals surface area contributed by atoms with Crippen molar-refractivity contribution in [3.63, 3.8) is 0 Å². The fraction of sp³-hybridized carbons (Fsp3) is 0.481. The predicted molar refractivity (Wildman–Crippen MR) is 136 cm³/mol. The third-order valence-corrected chi connectivity index (χ3v) is 8.81. The van der Waals surface area contributed by atoms with Gasteiger partial charge in [-0.1, -0.05) is 34.4 Å². The van der Waals surface area contributed by atoms with E-state index in [0.29, 0.717) is 40.4 Å². The lowest BCUT2D eigenvalue weighted by atomic mass is 9.59. The number of aromatic nitrogens is 3. The number of hydrogen-bond acceptors (Lipinski definition) is 7. The van der Waals surface area contributed by atoms with E-state index < -0.39 is 5.97 Å². The maximum absolute atomic E-state index is 11.2. The van der Waals surface area contributed by atoms with Crippen LogP contribution in [0.2, 0.25) is 10.0 Å². The summed E-state index contributed by atoms with van der Waals surface area (Å²) < 4.78 is 18.4. The number of nitrogens with zero attached hydrogens (tertiary/aromatic N) is 3. The molecule has 0 saturated heterocycles. The van der Waals surface area contributed by atoms with E-state index in [2.05, 4.69) is 15.1 Å². The van der Waals surface area contributed by atoms with Crippen molar-refractivity contribution in [2.75, 3.05) is 6.61 Å². The van der Waals surface area contributed by atoms with E-state index in [1.807, 2.05) is 18.2 Å². The first-order chi connectivity index (χ1) is 17.9. The average Bonchev–Trinajstić information content (AvgIpc) is 3.68. The quantitative estimate of drug-likeness (QED) is 0.317. The number of fused-ring (bicyclic) bond motifs is 3. The van der Waals surface area contributed by atoms with Gasteiger partial charge in [0.1, 0.15) is 11.5 Å². The minimum Gasteiger partial charge on any atom is -0.476 e. The fourth-order valence-corrected chi connectivity index (χ4v) is 6.26. The number of rotatable bonds is 9. The fourth-order valence-electron chi connectivity index (χ4n) is 5.68. The number of benzene rings is 1. The Kier molecular flexibility index (Phi) is 6.37. The first-order valence-electron chi connectivity index (χ1n) is 12.6. The number of carboxylic acids is 1. The summed E-state index contributed by atoms with van der Waals surface area (Å²) in [5, 5.41) is 14.6. The van der Waals surface area contributed by atoms with Crippen LogP contribution in [-0.2, 0) is 11.3 Å². The normalized spacial score (nSPS) is 24.8. The molecular formula is C27H27Cl2N3O5. The van der Waals surface area contributed by atoms with Crippen LogP contribution < -0.4 is 4.74 Å². The zero-order valence-corrected chi connectivity index (χ0v) is 21.7. The molecule has 0 atom stereocenters. The molecule has 1 aromatic carbocycles.